The van der Waals surface area contributed by atoms with Crippen LogP contribution in [0.25, 0.3) is 17.0 Å². The Hall–Kier alpha value is -2.24. The van der Waals surface area contributed by atoms with E-state index in [0.717, 1.165) is 35.5 Å². The van der Waals surface area contributed by atoms with E-state index in [-0.39, 0.29) is 12.4 Å². The van der Waals surface area contributed by atoms with Crippen molar-refractivity contribution in [2.45, 2.75) is 12.7 Å². The molecule has 2 aromatic carbocycles. The van der Waals surface area contributed by atoms with Crippen molar-refractivity contribution in [2.24, 2.45) is 0 Å². The van der Waals surface area contributed by atoms with Crippen LogP contribution in [0.15, 0.2) is 60.7 Å². The third kappa shape index (κ3) is 5.13. The van der Waals surface area contributed by atoms with Crippen molar-refractivity contribution in [3.05, 3.63) is 77.5 Å². The maximum atomic E-state index is 12.5. The average molecular weight is 381 g/mol. The molecule has 0 unspecified atom stereocenters. The Labute approximate surface area is 156 Å². The molecule has 2 nitrogen and oxygen atoms in total. The van der Waals surface area contributed by atoms with Gasteiger partial charge in [0.2, 0.25) is 0 Å². The second-order valence-electron chi connectivity index (χ2n) is 6.10. The lowest BCUT2D eigenvalue weighted by Gasteiger charge is -2.12. The van der Waals surface area contributed by atoms with Crippen molar-refractivity contribution in [3.63, 3.8) is 0 Å². The summed E-state index contributed by atoms with van der Waals surface area (Å²) in [5.74, 6) is 0. The van der Waals surface area contributed by atoms with Gasteiger partial charge >= 0.3 is 6.18 Å². The van der Waals surface area contributed by atoms with Gasteiger partial charge in [0.25, 0.3) is 0 Å². The Morgan fingerprint density at radius 1 is 1.04 bits per heavy atom. The van der Waals surface area contributed by atoms with Crippen LogP contribution in [0.3, 0.4) is 0 Å². The minimum atomic E-state index is -4.29. The number of aromatic nitrogens is 1. The number of nitrogens with one attached hydrogen (secondary N) is 1. The summed E-state index contributed by atoms with van der Waals surface area (Å²) < 4.78 is 37.6. The molecule has 0 spiro atoms. The number of H-pyrrole nitrogens is 1. The zero-order valence-electron chi connectivity index (χ0n) is 14.3. The minimum absolute atomic E-state index is 0. The molecule has 0 radical (unpaired) electrons. The molecule has 0 atom stereocenters. The molecule has 0 aliphatic rings. The normalized spacial score (nSPS) is 12.0. The van der Waals surface area contributed by atoms with Gasteiger partial charge in [-0.3, -0.25) is 4.90 Å². The van der Waals surface area contributed by atoms with E-state index in [9.17, 15) is 13.2 Å². The van der Waals surface area contributed by atoms with Crippen LogP contribution >= 0.6 is 12.4 Å². The maximum Gasteiger partial charge on any atom is 0.416 e. The van der Waals surface area contributed by atoms with Crippen molar-refractivity contribution in [1.29, 1.82) is 0 Å². The van der Waals surface area contributed by atoms with E-state index in [0.29, 0.717) is 6.54 Å². The Morgan fingerprint density at radius 3 is 2.38 bits per heavy atom. The van der Waals surface area contributed by atoms with Crippen LogP contribution in [0.2, 0.25) is 0 Å². The molecular weight excluding hydrogens is 361 g/mol. The first-order valence-corrected chi connectivity index (χ1v) is 8.01. The van der Waals surface area contributed by atoms with Gasteiger partial charge in [0.15, 0.2) is 0 Å². The number of fused-ring (bicyclic) bond motifs is 1. The van der Waals surface area contributed by atoms with Crippen LogP contribution in [0, 0.1) is 0 Å². The van der Waals surface area contributed by atoms with Crippen molar-refractivity contribution >= 4 is 29.4 Å². The van der Waals surface area contributed by atoms with Gasteiger partial charge in [-0.05, 0) is 42.3 Å². The summed E-state index contributed by atoms with van der Waals surface area (Å²) in [6.07, 6.45) is -0.505. The Bertz CT molecular complexity index is 834. The lowest BCUT2D eigenvalue weighted by atomic mass is 10.1. The number of nitrogens with zero attached hydrogens (tertiary/aromatic N) is 1. The van der Waals surface area contributed by atoms with Crippen molar-refractivity contribution in [1.82, 2.24) is 9.88 Å². The monoisotopic (exact) mass is 380 g/mol. The Morgan fingerprint density at radius 2 is 1.73 bits per heavy atom. The van der Waals surface area contributed by atoms with Crippen molar-refractivity contribution in [3.8, 4) is 0 Å². The average Bonchev–Trinajstić information content (AvgIpc) is 2.96. The number of likely N-dealkylation sites (N-methyl/N-ethyl adjacent to an activating group) is 1. The summed E-state index contributed by atoms with van der Waals surface area (Å²) in [5, 5.41) is 1.19. The van der Waals surface area contributed by atoms with E-state index in [2.05, 4.69) is 22.0 Å². The first-order chi connectivity index (χ1) is 11.9. The predicted octanol–water partition coefficient (Wildman–Crippen LogP) is 5.75. The van der Waals surface area contributed by atoms with Crippen LogP contribution < -0.4 is 0 Å². The highest BCUT2D eigenvalue weighted by atomic mass is 35.5. The fourth-order valence-corrected chi connectivity index (χ4v) is 2.73. The summed E-state index contributed by atoms with van der Waals surface area (Å²) in [4.78, 5) is 5.51. The molecule has 0 fully saturated rings. The number of benzene rings is 2. The van der Waals surface area contributed by atoms with Gasteiger partial charge in [-0.15, -0.1) is 12.4 Å². The van der Waals surface area contributed by atoms with Gasteiger partial charge in [-0.2, -0.15) is 13.2 Å². The number of alkyl halides is 3. The number of halogens is 4. The molecule has 0 amide bonds. The van der Waals surface area contributed by atoms with Crippen LogP contribution in [0.5, 0.6) is 0 Å². The highest BCUT2D eigenvalue weighted by molar-refractivity contribution is 5.85. The lowest BCUT2D eigenvalue weighted by Crippen LogP contribution is -2.17. The molecule has 6 heteroatoms. The van der Waals surface area contributed by atoms with Gasteiger partial charge in [0.05, 0.1) is 5.56 Å². The molecule has 0 aliphatic carbocycles. The summed E-state index contributed by atoms with van der Waals surface area (Å²) in [5.41, 5.74) is 2.38. The second kappa shape index (κ2) is 8.43. The molecule has 1 aromatic heterocycles. The molecule has 0 aliphatic heterocycles. The Kier molecular flexibility index (Phi) is 6.51. The highest BCUT2D eigenvalue weighted by Crippen LogP contribution is 2.29. The van der Waals surface area contributed by atoms with E-state index in [1.807, 2.05) is 37.4 Å². The van der Waals surface area contributed by atoms with Crippen LogP contribution in [0.1, 0.15) is 16.8 Å². The molecule has 3 aromatic rings. The molecule has 1 N–H and O–H groups in total. The van der Waals surface area contributed by atoms with Gasteiger partial charge < -0.3 is 4.98 Å². The molecule has 0 saturated heterocycles. The second-order valence-corrected chi connectivity index (χ2v) is 6.10. The van der Waals surface area contributed by atoms with E-state index in [1.54, 1.807) is 0 Å². The number of hydrogen-bond donors (Lipinski definition) is 1. The lowest BCUT2D eigenvalue weighted by molar-refractivity contribution is -0.137. The molecule has 26 heavy (non-hydrogen) atoms. The SMILES string of the molecule is CN(C/C=C/c1ccc(C(F)(F)F)cc1)Cc1cc2ccccc2[nH]1.Cl. The standard InChI is InChI=1S/C20H19F3N2.ClH/c1-25(14-18-13-16-6-2-3-7-19(16)24-18)12-4-5-15-8-10-17(11-9-15)20(21,22)23;/h2-11,13,24H,12,14H2,1H3;1H/b5-4+;. The number of hydrogen-bond acceptors (Lipinski definition) is 1. The number of rotatable bonds is 5. The molecule has 1 heterocycles. The van der Waals surface area contributed by atoms with Crippen LogP contribution in [-0.4, -0.2) is 23.5 Å². The zero-order chi connectivity index (χ0) is 17.9. The summed E-state index contributed by atoms with van der Waals surface area (Å²) in [7, 11) is 2.00. The first-order valence-electron chi connectivity index (χ1n) is 8.01. The van der Waals surface area contributed by atoms with Crippen molar-refractivity contribution < 1.29 is 13.2 Å². The quantitative estimate of drug-likeness (QED) is 0.596. The molecule has 0 saturated carbocycles. The maximum absolute atomic E-state index is 12.5. The van der Waals surface area contributed by atoms with E-state index >= 15 is 0 Å². The minimum Gasteiger partial charge on any atom is -0.357 e. The summed E-state index contributed by atoms with van der Waals surface area (Å²) >= 11 is 0. The Balaban J connectivity index is 0.00000243. The summed E-state index contributed by atoms with van der Waals surface area (Å²) in [6, 6.07) is 15.4. The summed E-state index contributed by atoms with van der Waals surface area (Å²) in [6.45, 7) is 1.47. The van der Waals surface area contributed by atoms with Crippen LogP contribution in [-0.2, 0) is 12.7 Å². The highest BCUT2D eigenvalue weighted by Gasteiger charge is 2.29. The molecule has 0 bridgehead atoms. The zero-order valence-corrected chi connectivity index (χ0v) is 15.1. The van der Waals surface area contributed by atoms with E-state index in [1.165, 1.54) is 17.5 Å². The van der Waals surface area contributed by atoms with E-state index < -0.39 is 11.7 Å². The molecule has 138 valence electrons. The van der Waals surface area contributed by atoms with Gasteiger partial charge in [-0.25, -0.2) is 0 Å². The third-order valence-electron chi connectivity index (χ3n) is 3.99. The predicted molar refractivity (Wildman–Crippen MR) is 102 cm³/mol. The van der Waals surface area contributed by atoms with Gasteiger partial charge in [0, 0.05) is 24.3 Å². The topological polar surface area (TPSA) is 19.0 Å². The van der Waals surface area contributed by atoms with Gasteiger partial charge in [-0.1, -0.05) is 42.5 Å². The number of aromatic amines is 1. The van der Waals surface area contributed by atoms with Crippen molar-refractivity contribution in [2.75, 3.05) is 13.6 Å². The molecular formula is C20H20ClF3N2. The first kappa shape index (κ1) is 20.1. The third-order valence-corrected chi connectivity index (χ3v) is 3.99. The fraction of sp³-hybridized carbons (Fsp3) is 0.200. The van der Waals surface area contributed by atoms with E-state index in [4.69, 9.17) is 0 Å². The largest absolute Gasteiger partial charge is 0.416 e. The molecule has 3 rings (SSSR count). The number of para-hydroxylation sites is 1. The van der Waals surface area contributed by atoms with Gasteiger partial charge in [0.1, 0.15) is 0 Å². The van der Waals surface area contributed by atoms with Crippen LogP contribution in [0.4, 0.5) is 13.2 Å². The smallest absolute Gasteiger partial charge is 0.357 e. The fourth-order valence-electron chi connectivity index (χ4n) is 2.73.